The van der Waals surface area contributed by atoms with Crippen LogP contribution in [-0.4, -0.2) is 17.4 Å². The molecule has 0 bridgehead atoms. The first kappa shape index (κ1) is 15.3. The summed E-state index contributed by atoms with van der Waals surface area (Å²) in [7, 11) is 0. The van der Waals surface area contributed by atoms with Crippen molar-refractivity contribution in [2.45, 2.75) is 13.3 Å². The summed E-state index contributed by atoms with van der Waals surface area (Å²) in [5, 5.41) is 5.96. The molecule has 0 spiro atoms. The number of amides is 1. The lowest BCUT2D eigenvalue weighted by atomic mass is 10.2. The van der Waals surface area contributed by atoms with Crippen molar-refractivity contribution in [3.05, 3.63) is 52.9 Å². The summed E-state index contributed by atoms with van der Waals surface area (Å²) in [6.07, 6.45) is 2.50. The summed E-state index contributed by atoms with van der Waals surface area (Å²) in [5.41, 5.74) is 0.658. The van der Waals surface area contributed by atoms with Gasteiger partial charge in [-0.1, -0.05) is 18.5 Å². The van der Waals surface area contributed by atoms with Gasteiger partial charge in [0.2, 0.25) is 0 Å². The molecule has 21 heavy (non-hydrogen) atoms. The second-order valence-corrected chi connectivity index (χ2v) is 4.84. The second-order valence-electron chi connectivity index (χ2n) is 4.43. The standard InChI is InChI=1S/C15H15ClFN3O/c1-2-6-18-14-8-10(5-7-19-14)15(21)20-13-9-11(17)3-4-12(13)16/h3-5,7-9H,2,6H2,1H3,(H,18,19)(H,20,21). The van der Waals surface area contributed by atoms with Gasteiger partial charge in [-0.2, -0.15) is 0 Å². The molecule has 0 aliphatic heterocycles. The Kier molecular flexibility index (Phi) is 5.11. The smallest absolute Gasteiger partial charge is 0.255 e. The fourth-order valence-electron chi connectivity index (χ4n) is 1.71. The number of benzene rings is 1. The van der Waals surface area contributed by atoms with E-state index < -0.39 is 5.82 Å². The van der Waals surface area contributed by atoms with Crippen molar-refractivity contribution in [3.63, 3.8) is 0 Å². The molecule has 0 aliphatic rings. The Morgan fingerprint density at radius 1 is 1.33 bits per heavy atom. The lowest BCUT2D eigenvalue weighted by molar-refractivity contribution is 0.102. The fraction of sp³-hybridized carbons (Fsp3) is 0.200. The Morgan fingerprint density at radius 3 is 2.90 bits per heavy atom. The highest BCUT2D eigenvalue weighted by atomic mass is 35.5. The van der Waals surface area contributed by atoms with E-state index in [4.69, 9.17) is 11.6 Å². The van der Waals surface area contributed by atoms with Gasteiger partial charge in [0.25, 0.3) is 5.91 Å². The number of carbonyl (C=O) groups is 1. The van der Waals surface area contributed by atoms with E-state index >= 15 is 0 Å². The highest BCUT2D eigenvalue weighted by Gasteiger charge is 2.10. The third kappa shape index (κ3) is 4.16. The van der Waals surface area contributed by atoms with Crippen LogP contribution in [0.25, 0.3) is 0 Å². The summed E-state index contributed by atoms with van der Waals surface area (Å²) in [4.78, 5) is 16.3. The van der Waals surface area contributed by atoms with Crippen molar-refractivity contribution >= 4 is 29.0 Å². The van der Waals surface area contributed by atoms with Gasteiger partial charge in [-0.25, -0.2) is 9.37 Å². The third-order valence-electron chi connectivity index (χ3n) is 2.75. The van der Waals surface area contributed by atoms with Gasteiger partial charge in [0.1, 0.15) is 11.6 Å². The van der Waals surface area contributed by atoms with E-state index in [0.29, 0.717) is 11.4 Å². The molecule has 2 aromatic rings. The van der Waals surface area contributed by atoms with Crippen molar-refractivity contribution in [2.24, 2.45) is 0 Å². The van der Waals surface area contributed by atoms with Gasteiger partial charge in [0.05, 0.1) is 10.7 Å². The quantitative estimate of drug-likeness (QED) is 0.879. The largest absolute Gasteiger partial charge is 0.370 e. The lowest BCUT2D eigenvalue weighted by Crippen LogP contribution is -2.13. The Bertz CT molecular complexity index is 649. The minimum absolute atomic E-state index is 0.238. The summed E-state index contributed by atoms with van der Waals surface area (Å²) >= 11 is 5.92. The number of hydrogen-bond acceptors (Lipinski definition) is 3. The molecule has 1 amide bonds. The van der Waals surface area contributed by atoms with Crippen LogP contribution in [0.3, 0.4) is 0 Å². The summed E-state index contributed by atoms with van der Waals surface area (Å²) in [6.45, 7) is 2.81. The Hall–Kier alpha value is -2.14. The molecule has 1 aromatic heterocycles. The van der Waals surface area contributed by atoms with Crippen molar-refractivity contribution < 1.29 is 9.18 Å². The fourth-order valence-corrected chi connectivity index (χ4v) is 1.87. The molecule has 1 heterocycles. The van der Waals surface area contributed by atoms with Crippen LogP contribution < -0.4 is 10.6 Å². The average Bonchev–Trinajstić information content (AvgIpc) is 2.49. The normalized spacial score (nSPS) is 10.2. The molecule has 0 saturated carbocycles. The van der Waals surface area contributed by atoms with Gasteiger partial charge in [-0.15, -0.1) is 0 Å². The predicted molar refractivity (Wildman–Crippen MR) is 82.4 cm³/mol. The zero-order valence-electron chi connectivity index (χ0n) is 11.5. The van der Waals surface area contributed by atoms with Crippen LogP contribution in [0.4, 0.5) is 15.9 Å². The molecule has 4 nitrogen and oxygen atoms in total. The van der Waals surface area contributed by atoms with E-state index in [1.807, 2.05) is 6.92 Å². The van der Waals surface area contributed by atoms with Crippen LogP contribution in [-0.2, 0) is 0 Å². The second kappa shape index (κ2) is 7.04. The van der Waals surface area contributed by atoms with E-state index in [2.05, 4.69) is 15.6 Å². The molecule has 0 aliphatic carbocycles. The number of aromatic nitrogens is 1. The first-order chi connectivity index (χ1) is 10.1. The maximum absolute atomic E-state index is 13.2. The molecule has 0 fully saturated rings. The Morgan fingerprint density at radius 2 is 2.14 bits per heavy atom. The van der Waals surface area contributed by atoms with Crippen molar-refractivity contribution in [3.8, 4) is 0 Å². The van der Waals surface area contributed by atoms with E-state index in [1.165, 1.54) is 18.2 Å². The maximum atomic E-state index is 13.2. The van der Waals surface area contributed by atoms with Crippen LogP contribution in [0.5, 0.6) is 0 Å². The molecule has 2 rings (SSSR count). The monoisotopic (exact) mass is 307 g/mol. The summed E-state index contributed by atoms with van der Waals surface area (Å²) in [5.74, 6) is -0.214. The minimum Gasteiger partial charge on any atom is -0.370 e. The van der Waals surface area contributed by atoms with Crippen molar-refractivity contribution in [1.29, 1.82) is 0 Å². The van der Waals surface area contributed by atoms with Gasteiger partial charge >= 0.3 is 0 Å². The van der Waals surface area contributed by atoms with Gasteiger partial charge in [-0.3, -0.25) is 4.79 Å². The Labute approximate surface area is 127 Å². The number of carbonyl (C=O) groups excluding carboxylic acids is 1. The minimum atomic E-state index is -0.463. The predicted octanol–water partition coefficient (Wildman–Crippen LogP) is 3.95. The molecule has 0 atom stereocenters. The zero-order valence-corrected chi connectivity index (χ0v) is 12.2. The molecule has 0 radical (unpaired) electrons. The average molecular weight is 308 g/mol. The topological polar surface area (TPSA) is 54.0 Å². The van der Waals surface area contributed by atoms with Crippen LogP contribution in [0.2, 0.25) is 5.02 Å². The van der Waals surface area contributed by atoms with Crippen molar-refractivity contribution in [2.75, 3.05) is 17.2 Å². The van der Waals surface area contributed by atoms with Gasteiger partial charge in [-0.05, 0) is 36.8 Å². The van der Waals surface area contributed by atoms with E-state index in [0.717, 1.165) is 13.0 Å². The lowest BCUT2D eigenvalue weighted by Gasteiger charge is -2.09. The number of anilines is 2. The highest BCUT2D eigenvalue weighted by molar-refractivity contribution is 6.33. The number of halogens is 2. The number of nitrogens with one attached hydrogen (secondary N) is 2. The number of pyridine rings is 1. The molecule has 2 N–H and O–H groups in total. The molecule has 1 aromatic carbocycles. The van der Waals surface area contributed by atoms with Gasteiger partial charge < -0.3 is 10.6 Å². The SMILES string of the molecule is CCCNc1cc(C(=O)Nc2cc(F)ccc2Cl)ccn1. The molecule has 0 unspecified atom stereocenters. The zero-order chi connectivity index (χ0) is 15.2. The van der Waals surface area contributed by atoms with Crippen LogP contribution in [0, 0.1) is 5.82 Å². The molecule has 6 heteroatoms. The number of hydrogen-bond donors (Lipinski definition) is 2. The van der Waals surface area contributed by atoms with E-state index in [-0.39, 0.29) is 16.6 Å². The molecular formula is C15H15ClFN3O. The first-order valence-corrected chi connectivity index (χ1v) is 6.94. The first-order valence-electron chi connectivity index (χ1n) is 6.56. The molecular weight excluding hydrogens is 293 g/mol. The molecule has 110 valence electrons. The van der Waals surface area contributed by atoms with Crippen LogP contribution in [0.15, 0.2) is 36.5 Å². The van der Waals surface area contributed by atoms with Gasteiger partial charge in [0, 0.05) is 18.3 Å². The van der Waals surface area contributed by atoms with E-state index in [9.17, 15) is 9.18 Å². The van der Waals surface area contributed by atoms with E-state index in [1.54, 1.807) is 18.3 Å². The maximum Gasteiger partial charge on any atom is 0.255 e. The highest BCUT2D eigenvalue weighted by Crippen LogP contribution is 2.23. The Balaban J connectivity index is 2.14. The summed E-state index contributed by atoms with van der Waals surface area (Å²) in [6, 6.07) is 7.03. The van der Waals surface area contributed by atoms with Gasteiger partial charge in [0.15, 0.2) is 0 Å². The summed E-state index contributed by atoms with van der Waals surface area (Å²) < 4.78 is 13.2. The number of nitrogens with zero attached hydrogens (tertiary/aromatic N) is 1. The number of rotatable bonds is 5. The van der Waals surface area contributed by atoms with Crippen LogP contribution in [0.1, 0.15) is 23.7 Å². The molecule has 0 saturated heterocycles. The third-order valence-corrected chi connectivity index (χ3v) is 3.08. The van der Waals surface area contributed by atoms with Crippen LogP contribution >= 0.6 is 11.6 Å². The van der Waals surface area contributed by atoms with Crippen molar-refractivity contribution in [1.82, 2.24) is 4.98 Å².